The Morgan fingerprint density at radius 2 is 0.364 bits per heavy atom. The quantitative estimate of drug-likeness (QED) is 0.0631. The molecular formula is C42H86O2. The highest BCUT2D eigenvalue weighted by Crippen LogP contribution is 2.17. The van der Waals surface area contributed by atoms with Gasteiger partial charge in [0.2, 0.25) is 0 Å². The van der Waals surface area contributed by atoms with Crippen LogP contribution in [0.5, 0.6) is 0 Å². The molecule has 0 unspecified atom stereocenters. The van der Waals surface area contributed by atoms with Gasteiger partial charge in [0.1, 0.15) is 0 Å². The van der Waals surface area contributed by atoms with Gasteiger partial charge in [-0.25, -0.2) is 0 Å². The number of unbranched alkanes of at least 4 members (excludes halogenated alkanes) is 34. The normalized spacial score (nSPS) is 11.6. The molecule has 0 aromatic carbocycles. The molecule has 0 heterocycles. The van der Waals surface area contributed by atoms with Crippen molar-refractivity contribution < 1.29 is 9.47 Å². The van der Waals surface area contributed by atoms with Crippen molar-refractivity contribution in [3.63, 3.8) is 0 Å². The minimum atomic E-state index is 0.764. The van der Waals surface area contributed by atoms with Crippen molar-refractivity contribution in [3.05, 3.63) is 0 Å². The first-order valence-corrected chi connectivity index (χ1v) is 21.1. The first-order valence-electron chi connectivity index (χ1n) is 21.1. The van der Waals surface area contributed by atoms with Crippen LogP contribution in [0.1, 0.15) is 245 Å². The van der Waals surface area contributed by atoms with E-state index in [2.05, 4.69) is 13.8 Å². The number of hydrogen-bond acceptors (Lipinski definition) is 2. The fourth-order valence-corrected chi connectivity index (χ4v) is 6.50. The highest BCUT2D eigenvalue weighted by Gasteiger charge is 1.98. The van der Waals surface area contributed by atoms with Gasteiger partial charge in [-0.3, -0.25) is 0 Å². The molecule has 0 aliphatic rings. The van der Waals surface area contributed by atoms with Crippen LogP contribution in [-0.4, -0.2) is 26.4 Å². The third-order valence-electron chi connectivity index (χ3n) is 9.66. The largest absolute Gasteiger partial charge is 0.379 e. The average Bonchev–Trinajstić information content (AvgIpc) is 3.04. The first kappa shape index (κ1) is 43.9. The van der Waals surface area contributed by atoms with Crippen molar-refractivity contribution in [2.45, 2.75) is 245 Å². The molecule has 0 saturated heterocycles. The van der Waals surface area contributed by atoms with E-state index in [-0.39, 0.29) is 0 Å². The second-order valence-corrected chi connectivity index (χ2v) is 14.2. The summed E-state index contributed by atoms with van der Waals surface area (Å²) in [5.74, 6) is 0. The summed E-state index contributed by atoms with van der Waals surface area (Å²) in [7, 11) is 0. The lowest BCUT2D eigenvalue weighted by atomic mass is 10.0. The fourth-order valence-electron chi connectivity index (χ4n) is 6.50. The number of rotatable bonds is 41. The molecule has 0 saturated carbocycles. The summed E-state index contributed by atoms with van der Waals surface area (Å²) in [6, 6.07) is 0. The van der Waals surface area contributed by atoms with Crippen LogP contribution in [0.2, 0.25) is 0 Å². The molecule has 0 aliphatic heterocycles. The summed E-state index contributed by atoms with van der Waals surface area (Å²) in [5.41, 5.74) is 0. The molecule has 0 radical (unpaired) electrons. The highest BCUT2D eigenvalue weighted by molar-refractivity contribution is 4.53. The Kier molecular flexibility index (Phi) is 42.8. The van der Waals surface area contributed by atoms with Gasteiger partial charge >= 0.3 is 0 Å². The molecule has 0 rings (SSSR count). The van der Waals surface area contributed by atoms with Crippen molar-refractivity contribution in [1.29, 1.82) is 0 Å². The number of hydrogen-bond donors (Lipinski definition) is 0. The van der Waals surface area contributed by atoms with Gasteiger partial charge in [-0.1, -0.05) is 232 Å². The molecule has 0 bridgehead atoms. The second-order valence-electron chi connectivity index (χ2n) is 14.2. The van der Waals surface area contributed by atoms with E-state index in [1.807, 2.05) is 0 Å². The van der Waals surface area contributed by atoms with Gasteiger partial charge in [0, 0.05) is 13.2 Å². The van der Waals surface area contributed by atoms with Crippen molar-refractivity contribution in [2.24, 2.45) is 0 Å². The zero-order chi connectivity index (χ0) is 31.7. The smallest absolute Gasteiger partial charge is 0.0700 e. The van der Waals surface area contributed by atoms with Gasteiger partial charge in [0.05, 0.1) is 13.2 Å². The van der Waals surface area contributed by atoms with Crippen molar-refractivity contribution >= 4 is 0 Å². The summed E-state index contributed by atoms with van der Waals surface area (Å²) in [6.07, 6.45) is 52.0. The van der Waals surface area contributed by atoms with Gasteiger partial charge in [-0.15, -0.1) is 0 Å². The number of ether oxygens (including phenoxy) is 2. The van der Waals surface area contributed by atoms with Crippen molar-refractivity contribution in [3.8, 4) is 0 Å². The zero-order valence-corrected chi connectivity index (χ0v) is 31.1. The lowest BCUT2D eigenvalue weighted by Crippen LogP contribution is -2.06. The van der Waals surface area contributed by atoms with Crippen LogP contribution in [0.15, 0.2) is 0 Å². The van der Waals surface area contributed by atoms with Crippen LogP contribution in [-0.2, 0) is 9.47 Å². The van der Waals surface area contributed by atoms with Crippen LogP contribution in [0.25, 0.3) is 0 Å². The minimum absolute atomic E-state index is 0.764. The van der Waals surface area contributed by atoms with Crippen molar-refractivity contribution in [2.75, 3.05) is 26.4 Å². The van der Waals surface area contributed by atoms with Crippen LogP contribution >= 0.6 is 0 Å². The van der Waals surface area contributed by atoms with E-state index in [0.29, 0.717) is 0 Å². The van der Waals surface area contributed by atoms with Crippen LogP contribution in [0.3, 0.4) is 0 Å². The summed E-state index contributed by atoms with van der Waals surface area (Å²) >= 11 is 0. The molecule has 0 aliphatic carbocycles. The van der Waals surface area contributed by atoms with Crippen molar-refractivity contribution in [1.82, 2.24) is 0 Å². The van der Waals surface area contributed by atoms with Gasteiger partial charge in [0.15, 0.2) is 0 Å². The topological polar surface area (TPSA) is 18.5 Å². The maximum absolute atomic E-state index is 5.66. The summed E-state index contributed by atoms with van der Waals surface area (Å²) in [6.45, 7) is 7.84. The Morgan fingerprint density at radius 3 is 0.591 bits per heavy atom. The molecule has 0 aromatic rings. The third kappa shape index (κ3) is 41.9. The lowest BCUT2D eigenvalue weighted by Gasteiger charge is -2.06. The lowest BCUT2D eigenvalue weighted by molar-refractivity contribution is 0.0453. The molecule has 0 atom stereocenters. The Balaban J connectivity index is 3.03. The summed E-state index contributed by atoms with van der Waals surface area (Å²) < 4.78 is 11.2. The van der Waals surface area contributed by atoms with E-state index < -0.39 is 0 Å². The zero-order valence-electron chi connectivity index (χ0n) is 31.1. The monoisotopic (exact) mass is 623 g/mol. The second kappa shape index (κ2) is 42.9. The molecule has 2 heteroatoms. The fraction of sp³-hybridized carbons (Fsp3) is 1.00. The van der Waals surface area contributed by atoms with Gasteiger partial charge in [0.25, 0.3) is 0 Å². The predicted molar refractivity (Wildman–Crippen MR) is 199 cm³/mol. The van der Waals surface area contributed by atoms with Crippen LogP contribution < -0.4 is 0 Å². The molecule has 0 spiro atoms. The van der Waals surface area contributed by atoms with E-state index >= 15 is 0 Å². The van der Waals surface area contributed by atoms with E-state index in [4.69, 9.17) is 9.47 Å². The summed E-state index contributed by atoms with van der Waals surface area (Å²) in [4.78, 5) is 0. The van der Waals surface area contributed by atoms with E-state index in [0.717, 1.165) is 26.4 Å². The SMILES string of the molecule is CCCCCCCCCCCCCCCCCCCCCCCCCCCCCCCCCCCCOCCOCCCC. The minimum Gasteiger partial charge on any atom is -0.379 e. The molecule has 0 N–H and O–H groups in total. The average molecular weight is 623 g/mol. The van der Waals surface area contributed by atoms with E-state index in [1.165, 1.54) is 231 Å². The highest BCUT2D eigenvalue weighted by atomic mass is 16.5. The molecular weight excluding hydrogens is 536 g/mol. The molecule has 266 valence electrons. The molecule has 44 heavy (non-hydrogen) atoms. The van der Waals surface area contributed by atoms with E-state index in [9.17, 15) is 0 Å². The van der Waals surface area contributed by atoms with Crippen LogP contribution in [0.4, 0.5) is 0 Å². The Bertz CT molecular complexity index is 423. The van der Waals surface area contributed by atoms with Gasteiger partial charge in [-0.2, -0.15) is 0 Å². The first-order chi connectivity index (χ1) is 21.9. The van der Waals surface area contributed by atoms with Gasteiger partial charge in [-0.05, 0) is 12.8 Å². The van der Waals surface area contributed by atoms with E-state index in [1.54, 1.807) is 0 Å². The Hall–Kier alpha value is -0.0800. The molecule has 0 aromatic heterocycles. The predicted octanol–water partition coefficient (Wildman–Crippen LogP) is 15.1. The standard InChI is InChI=1S/C42H86O2/c1-3-5-7-8-9-10-11-12-13-14-15-16-17-18-19-20-21-22-23-24-25-26-27-28-29-30-31-32-33-34-35-36-37-38-40-44-42-41-43-39-6-4-2/h3-42H2,1-2H3. The maximum atomic E-state index is 5.66. The Labute approximate surface area is 280 Å². The third-order valence-corrected chi connectivity index (χ3v) is 9.66. The van der Waals surface area contributed by atoms with Crippen LogP contribution in [0, 0.1) is 0 Å². The summed E-state index contributed by atoms with van der Waals surface area (Å²) in [5, 5.41) is 0. The molecule has 0 fully saturated rings. The Morgan fingerprint density at radius 1 is 0.182 bits per heavy atom. The molecule has 0 amide bonds. The molecule has 2 nitrogen and oxygen atoms in total. The maximum Gasteiger partial charge on any atom is 0.0700 e. The van der Waals surface area contributed by atoms with Gasteiger partial charge < -0.3 is 9.47 Å².